The van der Waals surface area contributed by atoms with Crippen molar-refractivity contribution >= 4 is 29.0 Å². The van der Waals surface area contributed by atoms with E-state index in [1.54, 1.807) is 10.9 Å². The first-order valence-corrected chi connectivity index (χ1v) is 11.7. The summed E-state index contributed by atoms with van der Waals surface area (Å²) in [6.07, 6.45) is 0.802. The molecule has 2 aliphatic rings. The lowest BCUT2D eigenvalue weighted by Gasteiger charge is -2.28. The molecule has 0 spiro atoms. The molecule has 0 aliphatic carbocycles. The van der Waals surface area contributed by atoms with Crippen LogP contribution in [-0.2, 0) is 16.6 Å². The van der Waals surface area contributed by atoms with Gasteiger partial charge in [0.15, 0.2) is 0 Å². The number of nitrogens with zero attached hydrogens (tertiary/aromatic N) is 6. The van der Waals surface area contributed by atoms with Gasteiger partial charge in [-0.25, -0.2) is 4.99 Å². The largest absolute Gasteiger partial charge is 0.402 e. The van der Waals surface area contributed by atoms with Gasteiger partial charge in [0, 0.05) is 31.3 Å². The molecule has 0 unspecified atom stereocenters. The van der Waals surface area contributed by atoms with Crippen LogP contribution in [0.15, 0.2) is 70.2 Å². The summed E-state index contributed by atoms with van der Waals surface area (Å²) >= 11 is 0. The molecular formula is C25H24N8O3. The van der Waals surface area contributed by atoms with Gasteiger partial charge in [0.2, 0.25) is 6.17 Å². The quantitative estimate of drug-likeness (QED) is 0.443. The minimum absolute atomic E-state index is 0.0846. The van der Waals surface area contributed by atoms with Crippen LogP contribution in [0.25, 0.3) is 11.6 Å². The number of morpholine rings is 1. The Kier molecular flexibility index (Phi) is 5.66. The molecule has 4 aromatic rings. The Morgan fingerprint density at radius 2 is 1.81 bits per heavy atom. The second-order valence-electron chi connectivity index (χ2n) is 8.44. The fraction of sp³-hybridized carbons (Fsp3) is 0.240. The minimum atomic E-state index is -0.980. The maximum absolute atomic E-state index is 13.1. The summed E-state index contributed by atoms with van der Waals surface area (Å²) in [6, 6.07) is 17.4. The van der Waals surface area contributed by atoms with Gasteiger partial charge in [-0.2, -0.15) is 5.10 Å². The summed E-state index contributed by atoms with van der Waals surface area (Å²) in [4.78, 5) is 20.1. The monoisotopic (exact) mass is 484 g/mol. The number of aromatic nitrogens is 4. The van der Waals surface area contributed by atoms with E-state index in [2.05, 4.69) is 30.8 Å². The normalized spacial score (nSPS) is 17.7. The van der Waals surface area contributed by atoms with Crippen molar-refractivity contribution in [3.05, 3.63) is 71.9 Å². The third-order valence-electron chi connectivity index (χ3n) is 6.15. The summed E-state index contributed by atoms with van der Waals surface area (Å²) in [6.45, 7) is 2.78. The number of aliphatic imine (C=N–C) groups is 1. The number of fused-ring (bicyclic) bond motifs is 1. The van der Waals surface area contributed by atoms with Gasteiger partial charge in [-0.1, -0.05) is 53.6 Å². The Bertz CT molecular complexity index is 1420. The molecule has 2 N–H and O–H groups in total. The average Bonchev–Trinajstić information content (AvgIpc) is 3.50. The van der Waals surface area contributed by atoms with Crippen LogP contribution in [0.4, 0.5) is 17.4 Å². The predicted molar refractivity (Wildman–Crippen MR) is 134 cm³/mol. The van der Waals surface area contributed by atoms with E-state index in [0.29, 0.717) is 36.2 Å². The molecule has 6 rings (SSSR count). The van der Waals surface area contributed by atoms with Gasteiger partial charge in [-0.3, -0.25) is 9.48 Å². The number of benzodiazepines with no additional fused rings is 1. The number of carbonyl (C=O) groups is 1. The minimum Gasteiger partial charge on any atom is -0.402 e. The van der Waals surface area contributed by atoms with Crippen LogP contribution < -0.4 is 15.5 Å². The van der Waals surface area contributed by atoms with Gasteiger partial charge in [0.05, 0.1) is 36.5 Å². The lowest BCUT2D eigenvalue weighted by Crippen LogP contribution is -2.36. The van der Waals surface area contributed by atoms with Gasteiger partial charge in [0.25, 0.3) is 11.8 Å². The van der Waals surface area contributed by atoms with Crippen LogP contribution in [0.5, 0.6) is 0 Å². The molecule has 0 saturated carbocycles. The van der Waals surface area contributed by atoms with Crippen LogP contribution in [0, 0.1) is 0 Å². The SMILES string of the molecule is Cn1ncc(N2CCOCC2)c1-c1nnc(N[C@H]2N=C(c3ccccc3)c3ccccc3NC2=O)o1. The fourth-order valence-electron chi connectivity index (χ4n) is 4.38. The van der Waals surface area contributed by atoms with E-state index < -0.39 is 6.17 Å². The first kappa shape index (κ1) is 22.0. The molecule has 0 radical (unpaired) electrons. The summed E-state index contributed by atoms with van der Waals surface area (Å²) in [5, 5.41) is 18.7. The first-order chi connectivity index (χ1) is 17.7. The van der Waals surface area contributed by atoms with Gasteiger partial charge >= 0.3 is 6.01 Å². The number of anilines is 3. The molecule has 2 aromatic heterocycles. The van der Waals surface area contributed by atoms with E-state index in [4.69, 9.17) is 14.1 Å². The van der Waals surface area contributed by atoms with Gasteiger partial charge < -0.3 is 24.7 Å². The molecule has 4 heterocycles. The van der Waals surface area contributed by atoms with Crippen molar-refractivity contribution in [2.45, 2.75) is 6.17 Å². The Balaban J connectivity index is 1.32. The molecule has 1 amide bonds. The molecule has 36 heavy (non-hydrogen) atoms. The lowest BCUT2D eigenvalue weighted by atomic mass is 10.0. The molecule has 0 bridgehead atoms. The first-order valence-electron chi connectivity index (χ1n) is 11.7. The smallest absolute Gasteiger partial charge is 0.317 e. The number of aryl methyl sites for hydroxylation is 1. The topological polar surface area (TPSA) is 123 Å². The molecule has 2 aliphatic heterocycles. The predicted octanol–water partition coefficient (Wildman–Crippen LogP) is 2.53. The summed E-state index contributed by atoms with van der Waals surface area (Å²) < 4.78 is 13.1. The Morgan fingerprint density at radius 1 is 1.03 bits per heavy atom. The van der Waals surface area contributed by atoms with Crippen LogP contribution in [0.3, 0.4) is 0 Å². The van der Waals surface area contributed by atoms with Crippen molar-refractivity contribution in [3.63, 3.8) is 0 Å². The highest BCUT2D eigenvalue weighted by atomic mass is 16.5. The summed E-state index contributed by atoms with van der Waals surface area (Å²) in [7, 11) is 1.82. The highest BCUT2D eigenvalue weighted by Crippen LogP contribution is 2.31. The maximum atomic E-state index is 13.1. The molecule has 182 valence electrons. The van der Waals surface area contributed by atoms with Crippen molar-refractivity contribution in [1.29, 1.82) is 0 Å². The van der Waals surface area contributed by atoms with Crippen molar-refractivity contribution in [2.75, 3.05) is 41.8 Å². The van der Waals surface area contributed by atoms with Crippen LogP contribution in [0.1, 0.15) is 11.1 Å². The third kappa shape index (κ3) is 4.09. The zero-order valence-electron chi connectivity index (χ0n) is 19.6. The fourth-order valence-corrected chi connectivity index (χ4v) is 4.38. The molecule has 2 aromatic carbocycles. The number of ether oxygens (including phenoxy) is 1. The van der Waals surface area contributed by atoms with E-state index in [1.165, 1.54) is 0 Å². The van der Waals surface area contributed by atoms with Gasteiger partial charge in [-0.15, -0.1) is 5.10 Å². The number of rotatable bonds is 5. The van der Waals surface area contributed by atoms with Crippen LogP contribution in [-0.4, -0.2) is 64.1 Å². The number of hydrogen-bond acceptors (Lipinski definition) is 9. The van der Waals surface area contributed by atoms with Crippen molar-refractivity contribution in [1.82, 2.24) is 20.0 Å². The van der Waals surface area contributed by atoms with Crippen molar-refractivity contribution in [2.24, 2.45) is 12.0 Å². The molecule has 11 nitrogen and oxygen atoms in total. The molecule has 1 fully saturated rings. The standard InChI is InChI=1S/C25H24N8O3/c1-32-21(19(15-26-32)33-11-13-35-14-12-33)24-30-31-25(36-24)29-22-23(34)27-18-10-6-5-9-17(18)20(28-22)16-7-3-2-4-8-16/h2-10,15,22H,11-14H2,1H3,(H,27,34)(H,29,31)/t22-/m1/s1. The number of amides is 1. The van der Waals surface area contributed by atoms with Crippen LogP contribution in [0.2, 0.25) is 0 Å². The van der Waals surface area contributed by atoms with Gasteiger partial charge in [-0.05, 0) is 6.07 Å². The number of hydrogen-bond donors (Lipinski definition) is 2. The van der Waals surface area contributed by atoms with E-state index in [0.717, 1.165) is 29.9 Å². The number of carbonyl (C=O) groups excluding carboxylic acids is 1. The maximum Gasteiger partial charge on any atom is 0.317 e. The van der Waals surface area contributed by atoms with Crippen LogP contribution >= 0.6 is 0 Å². The average molecular weight is 485 g/mol. The Labute approximate surface area is 206 Å². The Hall–Kier alpha value is -4.51. The molecule has 11 heteroatoms. The second-order valence-corrected chi connectivity index (χ2v) is 8.44. The Morgan fingerprint density at radius 3 is 2.64 bits per heavy atom. The zero-order valence-corrected chi connectivity index (χ0v) is 19.6. The third-order valence-corrected chi connectivity index (χ3v) is 6.15. The van der Waals surface area contributed by atoms with E-state index in [-0.39, 0.29) is 11.9 Å². The zero-order chi connectivity index (χ0) is 24.5. The second kappa shape index (κ2) is 9.27. The highest BCUT2D eigenvalue weighted by molar-refractivity contribution is 6.19. The summed E-state index contributed by atoms with van der Waals surface area (Å²) in [5.74, 6) is -0.0359. The van der Waals surface area contributed by atoms with E-state index >= 15 is 0 Å². The molecular weight excluding hydrogens is 460 g/mol. The summed E-state index contributed by atoms with van der Waals surface area (Å²) in [5.41, 5.74) is 4.68. The highest BCUT2D eigenvalue weighted by Gasteiger charge is 2.28. The number of nitrogens with one attached hydrogen (secondary N) is 2. The lowest BCUT2D eigenvalue weighted by molar-refractivity contribution is -0.116. The number of benzene rings is 2. The van der Waals surface area contributed by atoms with E-state index in [1.807, 2.05) is 61.6 Å². The molecule has 1 saturated heterocycles. The molecule has 1 atom stereocenters. The van der Waals surface area contributed by atoms with E-state index in [9.17, 15) is 4.79 Å². The number of para-hydroxylation sites is 1. The van der Waals surface area contributed by atoms with Gasteiger partial charge in [0.1, 0.15) is 5.69 Å². The van der Waals surface area contributed by atoms with Crippen molar-refractivity contribution in [3.8, 4) is 11.6 Å². The van der Waals surface area contributed by atoms with Crippen molar-refractivity contribution < 1.29 is 13.9 Å².